The first kappa shape index (κ1) is 20.5. The Morgan fingerprint density at radius 2 is 1.81 bits per heavy atom. The maximum atomic E-state index is 12.8. The monoisotopic (exact) mass is 418 g/mol. The Balaban J connectivity index is 1.65. The van der Waals surface area contributed by atoms with Crippen LogP contribution in [0.15, 0.2) is 60.0 Å². The van der Waals surface area contributed by atoms with Crippen molar-refractivity contribution in [2.24, 2.45) is 5.10 Å². The maximum Gasteiger partial charge on any atom is 0.303 e. The minimum Gasteiger partial charge on any atom is -0.494 e. The Bertz CT molecular complexity index is 1140. The molecule has 0 unspecified atom stereocenters. The number of hydrogen-bond acceptors (Lipinski definition) is 6. The number of nitrogens with zero attached hydrogens (tertiary/aromatic N) is 4. The van der Waals surface area contributed by atoms with Crippen molar-refractivity contribution in [3.63, 3.8) is 0 Å². The van der Waals surface area contributed by atoms with E-state index < -0.39 is 5.97 Å². The van der Waals surface area contributed by atoms with E-state index in [1.54, 1.807) is 12.4 Å². The van der Waals surface area contributed by atoms with Crippen molar-refractivity contribution in [2.75, 3.05) is 6.61 Å². The second kappa shape index (κ2) is 8.91. The highest BCUT2D eigenvalue weighted by Gasteiger charge is 2.33. The van der Waals surface area contributed by atoms with Crippen LogP contribution in [0.2, 0.25) is 0 Å². The molecule has 0 spiro atoms. The van der Waals surface area contributed by atoms with Gasteiger partial charge in [0.2, 0.25) is 5.91 Å². The van der Waals surface area contributed by atoms with Gasteiger partial charge in [-0.1, -0.05) is 6.07 Å². The van der Waals surface area contributed by atoms with Crippen molar-refractivity contribution in [3.05, 3.63) is 66.0 Å². The fourth-order valence-corrected chi connectivity index (χ4v) is 3.60. The summed E-state index contributed by atoms with van der Waals surface area (Å²) in [4.78, 5) is 32.4. The number of amides is 1. The lowest BCUT2D eigenvalue weighted by Gasteiger charge is -2.22. The number of benzene rings is 2. The fourth-order valence-electron chi connectivity index (χ4n) is 3.60. The number of carbonyl (C=O) groups is 2. The maximum absolute atomic E-state index is 12.8. The smallest absolute Gasteiger partial charge is 0.303 e. The topological polar surface area (TPSA) is 105 Å². The standard InChI is InChI=1S/C23H22N4O4/c1-2-31-17-6-3-15(4-7-17)19-14-21(27(26-19)22(28)9-10-23(29)30)16-5-8-18-20(13-16)25-12-11-24-18/h3-8,11-13,21H,2,9-10,14H2,1H3,(H,29,30)/t21-/m0/s1. The molecule has 1 amide bonds. The molecule has 1 aliphatic heterocycles. The highest BCUT2D eigenvalue weighted by atomic mass is 16.5. The lowest BCUT2D eigenvalue weighted by Crippen LogP contribution is -2.27. The summed E-state index contributed by atoms with van der Waals surface area (Å²) >= 11 is 0. The summed E-state index contributed by atoms with van der Waals surface area (Å²) in [5.74, 6) is -0.572. The highest BCUT2D eigenvalue weighted by Crippen LogP contribution is 2.34. The van der Waals surface area contributed by atoms with E-state index in [0.29, 0.717) is 13.0 Å². The number of hydrogen-bond donors (Lipinski definition) is 1. The Hall–Kier alpha value is -3.81. The number of aromatic nitrogens is 2. The van der Waals surface area contributed by atoms with Crippen molar-refractivity contribution in [3.8, 4) is 5.75 Å². The second-order valence-corrected chi connectivity index (χ2v) is 7.16. The molecule has 0 bridgehead atoms. The molecule has 8 nitrogen and oxygen atoms in total. The summed E-state index contributed by atoms with van der Waals surface area (Å²) in [5.41, 5.74) is 4.02. The minimum atomic E-state index is -1.01. The predicted octanol–water partition coefficient (Wildman–Crippen LogP) is 3.57. The van der Waals surface area contributed by atoms with Crippen LogP contribution < -0.4 is 4.74 Å². The Kier molecular flexibility index (Phi) is 5.88. The van der Waals surface area contributed by atoms with Crippen molar-refractivity contribution in [1.29, 1.82) is 0 Å². The molecule has 2 heterocycles. The zero-order chi connectivity index (χ0) is 21.8. The molecule has 0 radical (unpaired) electrons. The summed E-state index contributed by atoms with van der Waals surface area (Å²) in [6.07, 6.45) is 3.42. The number of aliphatic carboxylic acids is 1. The van der Waals surface area contributed by atoms with E-state index >= 15 is 0 Å². The minimum absolute atomic E-state index is 0.112. The van der Waals surface area contributed by atoms with E-state index in [4.69, 9.17) is 9.84 Å². The van der Waals surface area contributed by atoms with Crippen molar-refractivity contribution < 1.29 is 19.4 Å². The average Bonchev–Trinajstić information content (AvgIpc) is 3.23. The third-order valence-corrected chi connectivity index (χ3v) is 5.10. The van der Waals surface area contributed by atoms with Crippen LogP contribution >= 0.6 is 0 Å². The lowest BCUT2D eigenvalue weighted by molar-refractivity contribution is -0.141. The van der Waals surface area contributed by atoms with Gasteiger partial charge >= 0.3 is 5.97 Å². The van der Waals surface area contributed by atoms with E-state index in [1.165, 1.54) is 5.01 Å². The van der Waals surface area contributed by atoms with Crippen LogP contribution in [0.3, 0.4) is 0 Å². The molecule has 0 aliphatic carbocycles. The normalized spacial score (nSPS) is 15.7. The van der Waals surface area contributed by atoms with Gasteiger partial charge in [-0.05, 0) is 54.4 Å². The quantitative estimate of drug-likeness (QED) is 0.629. The Morgan fingerprint density at radius 3 is 2.52 bits per heavy atom. The van der Waals surface area contributed by atoms with E-state index in [1.807, 2.05) is 49.4 Å². The van der Waals surface area contributed by atoms with Gasteiger partial charge in [-0.15, -0.1) is 0 Å². The molecule has 158 valence electrons. The van der Waals surface area contributed by atoms with Crippen LogP contribution in [-0.4, -0.2) is 44.3 Å². The molecule has 1 aliphatic rings. The predicted molar refractivity (Wildman–Crippen MR) is 115 cm³/mol. The molecule has 1 aromatic heterocycles. The molecule has 1 N–H and O–H groups in total. The van der Waals surface area contributed by atoms with E-state index in [0.717, 1.165) is 33.6 Å². The van der Waals surface area contributed by atoms with Gasteiger partial charge in [-0.3, -0.25) is 19.6 Å². The lowest BCUT2D eigenvalue weighted by atomic mass is 9.97. The molecule has 3 aromatic rings. The number of fused-ring (bicyclic) bond motifs is 1. The molecular formula is C23H22N4O4. The van der Waals surface area contributed by atoms with E-state index in [-0.39, 0.29) is 24.8 Å². The second-order valence-electron chi connectivity index (χ2n) is 7.16. The number of ether oxygens (including phenoxy) is 1. The largest absolute Gasteiger partial charge is 0.494 e. The molecule has 31 heavy (non-hydrogen) atoms. The van der Waals surface area contributed by atoms with Crippen molar-refractivity contribution in [2.45, 2.75) is 32.2 Å². The molecule has 0 saturated heterocycles. The van der Waals surface area contributed by atoms with Gasteiger partial charge in [-0.2, -0.15) is 5.10 Å². The van der Waals surface area contributed by atoms with Gasteiger partial charge in [0.15, 0.2) is 0 Å². The van der Waals surface area contributed by atoms with Crippen LogP contribution in [-0.2, 0) is 9.59 Å². The third-order valence-electron chi connectivity index (χ3n) is 5.10. The third kappa shape index (κ3) is 4.53. The number of carboxylic acids is 1. The summed E-state index contributed by atoms with van der Waals surface area (Å²) < 4.78 is 5.50. The highest BCUT2D eigenvalue weighted by molar-refractivity contribution is 6.03. The first-order chi connectivity index (χ1) is 15.0. The number of hydrazone groups is 1. The van der Waals surface area contributed by atoms with Crippen molar-refractivity contribution >= 4 is 28.6 Å². The first-order valence-corrected chi connectivity index (χ1v) is 10.1. The summed E-state index contributed by atoms with van der Waals surface area (Å²) in [7, 11) is 0. The van der Waals surface area contributed by atoms with Crippen LogP contribution in [0.5, 0.6) is 5.75 Å². The van der Waals surface area contributed by atoms with Crippen LogP contribution in [0.25, 0.3) is 11.0 Å². The summed E-state index contributed by atoms with van der Waals surface area (Å²) in [5, 5.41) is 15.0. The zero-order valence-electron chi connectivity index (χ0n) is 17.1. The molecular weight excluding hydrogens is 396 g/mol. The molecule has 0 saturated carbocycles. The average molecular weight is 418 g/mol. The SMILES string of the molecule is CCOc1ccc(C2=NN(C(=O)CCC(=O)O)[C@H](c3ccc4nccnc4c3)C2)cc1. The molecule has 2 aromatic carbocycles. The van der Waals surface area contributed by atoms with E-state index in [9.17, 15) is 9.59 Å². The molecule has 4 rings (SSSR count). The van der Waals surface area contributed by atoms with Gasteiger partial charge in [0.25, 0.3) is 0 Å². The van der Waals surface area contributed by atoms with Gasteiger partial charge in [0.05, 0.1) is 35.8 Å². The van der Waals surface area contributed by atoms with Crippen LogP contribution in [0.1, 0.15) is 43.4 Å². The molecule has 8 heteroatoms. The number of carboxylic acid groups (broad SMARTS) is 1. The summed E-state index contributed by atoms with van der Waals surface area (Å²) in [6.45, 7) is 2.51. The first-order valence-electron chi connectivity index (χ1n) is 10.1. The zero-order valence-corrected chi connectivity index (χ0v) is 17.1. The number of carbonyl (C=O) groups excluding carboxylic acids is 1. The van der Waals surface area contributed by atoms with Crippen molar-refractivity contribution in [1.82, 2.24) is 15.0 Å². The molecule has 0 fully saturated rings. The van der Waals surface area contributed by atoms with Crippen LogP contribution in [0.4, 0.5) is 0 Å². The van der Waals surface area contributed by atoms with E-state index in [2.05, 4.69) is 15.1 Å². The number of rotatable bonds is 7. The van der Waals surface area contributed by atoms with Crippen LogP contribution in [0, 0.1) is 0 Å². The van der Waals surface area contributed by atoms with Gasteiger partial charge in [0, 0.05) is 25.2 Å². The Morgan fingerprint density at radius 1 is 1.06 bits per heavy atom. The summed E-state index contributed by atoms with van der Waals surface area (Å²) in [6, 6.07) is 12.9. The van der Waals surface area contributed by atoms with Gasteiger partial charge < -0.3 is 9.84 Å². The molecule has 1 atom stereocenters. The Labute approximate surface area is 179 Å². The van der Waals surface area contributed by atoms with Gasteiger partial charge in [0.1, 0.15) is 5.75 Å². The fraction of sp³-hybridized carbons (Fsp3) is 0.261. The van der Waals surface area contributed by atoms with Gasteiger partial charge in [-0.25, -0.2) is 5.01 Å².